The van der Waals surface area contributed by atoms with Crippen molar-refractivity contribution in [2.45, 2.75) is 38.6 Å². The van der Waals surface area contributed by atoms with E-state index >= 15 is 0 Å². The third-order valence-corrected chi connectivity index (χ3v) is 4.90. The molecule has 21 heavy (non-hydrogen) atoms. The predicted molar refractivity (Wildman–Crippen MR) is 86.8 cm³/mol. The van der Waals surface area contributed by atoms with E-state index in [4.69, 9.17) is 10.5 Å². The summed E-state index contributed by atoms with van der Waals surface area (Å²) in [5, 5.41) is 0. The molecule has 0 heterocycles. The Kier molecular flexibility index (Phi) is 3.50. The van der Waals surface area contributed by atoms with Gasteiger partial charge in [0.1, 0.15) is 5.75 Å². The van der Waals surface area contributed by atoms with Gasteiger partial charge in [0.25, 0.3) is 0 Å². The fourth-order valence-corrected chi connectivity index (χ4v) is 3.52. The summed E-state index contributed by atoms with van der Waals surface area (Å²) in [6.07, 6.45) is 3.21. The van der Waals surface area contributed by atoms with Gasteiger partial charge in [0.05, 0.1) is 12.6 Å². The highest BCUT2D eigenvalue weighted by atomic mass is 16.5. The number of aryl methyl sites for hydroxylation is 2. The second kappa shape index (κ2) is 5.19. The van der Waals surface area contributed by atoms with Crippen LogP contribution in [0.15, 0.2) is 36.4 Å². The van der Waals surface area contributed by atoms with Crippen molar-refractivity contribution in [1.29, 1.82) is 0 Å². The normalized spacial score (nSPS) is 21.0. The summed E-state index contributed by atoms with van der Waals surface area (Å²) >= 11 is 0. The minimum Gasteiger partial charge on any atom is -0.497 e. The summed E-state index contributed by atoms with van der Waals surface area (Å²) in [5.74, 6) is 0.885. The lowest BCUT2D eigenvalue weighted by Gasteiger charge is -2.38. The molecule has 2 aromatic carbocycles. The second-order valence-corrected chi connectivity index (χ2v) is 6.10. The minimum atomic E-state index is -0.405. The molecular weight excluding hydrogens is 258 g/mol. The molecule has 3 rings (SSSR count). The van der Waals surface area contributed by atoms with E-state index in [1.807, 2.05) is 6.07 Å². The Labute approximate surface area is 126 Å². The number of benzene rings is 2. The maximum Gasteiger partial charge on any atom is 0.119 e. The number of ether oxygens (including phenoxy) is 1. The van der Waals surface area contributed by atoms with Crippen LogP contribution in [0.5, 0.6) is 5.75 Å². The molecule has 0 spiro atoms. The molecule has 1 aliphatic rings. The van der Waals surface area contributed by atoms with E-state index in [9.17, 15) is 0 Å². The van der Waals surface area contributed by atoms with E-state index in [0.29, 0.717) is 0 Å². The smallest absolute Gasteiger partial charge is 0.119 e. The molecule has 0 saturated carbocycles. The molecule has 2 N–H and O–H groups in total. The molecular formula is C19H23NO. The molecule has 0 aromatic heterocycles. The van der Waals surface area contributed by atoms with E-state index in [1.165, 1.54) is 27.8 Å². The Morgan fingerprint density at radius 1 is 1.10 bits per heavy atom. The zero-order valence-electron chi connectivity index (χ0n) is 13.1. The van der Waals surface area contributed by atoms with Gasteiger partial charge in [0.15, 0.2) is 0 Å². The zero-order valence-corrected chi connectivity index (χ0v) is 13.1. The topological polar surface area (TPSA) is 35.2 Å². The van der Waals surface area contributed by atoms with Crippen LogP contribution in [0.2, 0.25) is 0 Å². The van der Waals surface area contributed by atoms with Gasteiger partial charge in [-0.1, -0.05) is 24.3 Å². The van der Waals surface area contributed by atoms with Crippen LogP contribution in [0, 0.1) is 13.8 Å². The first-order chi connectivity index (χ1) is 10.1. The highest BCUT2D eigenvalue weighted by molar-refractivity contribution is 5.51. The summed E-state index contributed by atoms with van der Waals surface area (Å²) in [7, 11) is 1.71. The summed E-state index contributed by atoms with van der Waals surface area (Å²) in [6, 6.07) is 12.8. The summed E-state index contributed by atoms with van der Waals surface area (Å²) in [5.41, 5.74) is 12.9. The van der Waals surface area contributed by atoms with Gasteiger partial charge >= 0.3 is 0 Å². The van der Waals surface area contributed by atoms with Crippen LogP contribution in [0.1, 0.15) is 40.7 Å². The first kappa shape index (κ1) is 14.2. The number of hydrogen-bond acceptors (Lipinski definition) is 2. The fourth-order valence-electron chi connectivity index (χ4n) is 3.52. The Hall–Kier alpha value is -1.80. The maximum absolute atomic E-state index is 6.93. The molecule has 2 heteroatoms. The van der Waals surface area contributed by atoms with Crippen molar-refractivity contribution in [1.82, 2.24) is 0 Å². The van der Waals surface area contributed by atoms with Crippen LogP contribution in [0.25, 0.3) is 0 Å². The second-order valence-electron chi connectivity index (χ2n) is 6.10. The van der Waals surface area contributed by atoms with Gasteiger partial charge in [-0.05, 0) is 73.1 Å². The van der Waals surface area contributed by atoms with Crippen LogP contribution in [0.4, 0.5) is 0 Å². The highest BCUT2D eigenvalue weighted by Gasteiger charge is 2.35. The van der Waals surface area contributed by atoms with Gasteiger partial charge in [-0.2, -0.15) is 0 Å². The SMILES string of the molecule is COc1ccc2c(c1)C(N)(c1cccc(C)c1C)CCC2. The minimum absolute atomic E-state index is 0.405. The van der Waals surface area contributed by atoms with Gasteiger partial charge < -0.3 is 10.5 Å². The standard InChI is InChI=1S/C19H23NO/c1-13-6-4-8-17(14(13)2)19(20)11-5-7-15-9-10-16(21-3)12-18(15)19/h4,6,8-10,12H,5,7,11,20H2,1-3H3. The number of nitrogens with two attached hydrogens (primary N) is 1. The third-order valence-electron chi connectivity index (χ3n) is 4.90. The first-order valence-electron chi connectivity index (χ1n) is 7.59. The molecule has 0 saturated heterocycles. The summed E-state index contributed by atoms with van der Waals surface area (Å²) in [6.45, 7) is 4.32. The molecule has 0 bridgehead atoms. The van der Waals surface area contributed by atoms with Crippen LogP contribution in [-0.2, 0) is 12.0 Å². The van der Waals surface area contributed by atoms with Gasteiger partial charge in [0.2, 0.25) is 0 Å². The first-order valence-corrected chi connectivity index (χ1v) is 7.59. The molecule has 1 atom stereocenters. The van der Waals surface area contributed by atoms with Crippen LogP contribution in [0.3, 0.4) is 0 Å². The Bertz CT molecular complexity index is 677. The molecule has 1 unspecified atom stereocenters. The zero-order chi connectivity index (χ0) is 15.0. The molecule has 1 aliphatic carbocycles. The van der Waals surface area contributed by atoms with Crippen molar-refractivity contribution in [2.24, 2.45) is 5.73 Å². The number of methoxy groups -OCH3 is 1. The lowest BCUT2D eigenvalue weighted by atomic mass is 9.71. The molecule has 0 fully saturated rings. The Morgan fingerprint density at radius 2 is 1.90 bits per heavy atom. The van der Waals surface area contributed by atoms with Crippen molar-refractivity contribution >= 4 is 0 Å². The van der Waals surface area contributed by atoms with Gasteiger partial charge in [-0.3, -0.25) is 0 Å². The van der Waals surface area contributed by atoms with Crippen LogP contribution >= 0.6 is 0 Å². The average molecular weight is 281 g/mol. The Balaban J connectivity index is 2.21. The Morgan fingerprint density at radius 3 is 2.67 bits per heavy atom. The van der Waals surface area contributed by atoms with Crippen molar-refractivity contribution in [3.63, 3.8) is 0 Å². The number of hydrogen-bond donors (Lipinski definition) is 1. The number of rotatable bonds is 2. The molecule has 2 nitrogen and oxygen atoms in total. The largest absolute Gasteiger partial charge is 0.497 e. The van der Waals surface area contributed by atoms with Crippen molar-refractivity contribution in [3.05, 3.63) is 64.2 Å². The van der Waals surface area contributed by atoms with E-state index in [2.05, 4.69) is 44.2 Å². The van der Waals surface area contributed by atoms with E-state index in [0.717, 1.165) is 25.0 Å². The van der Waals surface area contributed by atoms with Crippen molar-refractivity contribution in [3.8, 4) is 5.75 Å². The summed E-state index contributed by atoms with van der Waals surface area (Å²) < 4.78 is 5.41. The van der Waals surface area contributed by atoms with Crippen molar-refractivity contribution < 1.29 is 4.74 Å². The lowest BCUT2D eigenvalue weighted by Crippen LogP contribution is -2.41. The summed E-state index contributed by atoms with van der Waals surface area (Å²) in [4.78, 5) is 0. The number of fused-ring (bicyclic) bond motifs is 1. The predicted octanol–water partition coefficient (Wildman–Crippen LogP) is 3.85. The van der Waals surface area contributed by atoms with Crippen molar-refractivity contribution in [2.75, 3.05) is 7.11 Å². The fraction of sp³-hybridized carbons (Fsp3) is 0.368. The van der Waals surface area contributed by atoms with E-state index in [1.54, 1.807) is 7.11 Å². The maximum atomic E-state index is 6.93. The molecule has 0 radical (unpaired) electrons. The highest BCUT2D eigenvalue weighted by Crippen LogP contribution is 2.41. The van der Waals surface area contributed by atoms with Crippen LogP contribution in [-0.4, -0.2) is 7.11 Å². The molecule has 2 aromatic rings. The average Bonchev–Trinajstić information content (AvgIpc) is 2.50. The monoisotopic (exact) mass is 281 g/mol. The van der Waals surface area contributed by atoms with Gasteiger partial charge in [0, 0.05) is 0 Å². The lowest BCUT2D eigenvalue weighted by molar-refractivity contribution is 0.404. The molecule has 110 valence electrons. The van der Waals surface area contributed by atoms with E-state index in [-0.39, 0.29) is 0 Å². The molecule has 0 aliphatic heterocycles. The van der Waals surface area contributed by atoms with Gasteiger partial charge in [-0.15, -0.1) is 0 Å². The van der Waals surface area contributed by atoms with E-state index < -0.39 is 5.54 Å². The quantitative estimate of drug-likeness (QED) is 0.907. The third kappa shape index (κ3) is 2.24. The molecule has 0 amide bonds. The van der Waals surface area contributed by atoms with Crippen LogP contribution < -0.4 is 10.5 Å². The van der Waals surface area contributed by atoms with Gasteiger partial charge in [-0.25, -0.2) is 0 Å².